The standard InChI is InChI=1S/C10H12N2O4/c11-7-1-2-9(12(13)14)10(5-7)16-8-3-4-15-6-8/h1-2,5,8H,3-4,6,11H2/t8-/m1/s1. The summed E-state index contributed by atoms with van der Waals surface area (Å²) in [5.41, 5.74) is 5.94. The quantitative estimate of drug-likeness (QED) is 0.475. The number of hydrogen-bond donors (Lipinski definition) is 1. The summed E-state index contributed by atoms with van der Waals surface area (Å²) >= 11 is 0. The lowest BCUT2D eigenvalue weighted by Gasteiger charge is -2.12. The monoisotopic (exact) mass is 224 g/mol. The molecule has 0 aromatic heterocycles. The van der Waals surface area contributed by atoms with E-state index >= 15 is 0 Å². The van der Waals surface area contributed by atoms with Crippen molar-refractivity contribution in [3.05, 3.63) is 28.3 Å². The summed E-state index contributed by atoms with van der Waals surface area (Å²) in [6, 6.07) is 4.30. The van der Waals surface area contributed by atoms with Gasteiger partial charge in [-0.25, -0.2) is 0 Å². The van der Waals surface area contributed by atoms with E-state index in [1.54, 1.807) is 0 Å². The fourth-order valence-electron chi connectivity index (χ4n) is 1.56. The minimum Gasteiger partial charge on any atom is -0.481 e. The molecular formula is C10H12N2O4. The van der Waals surface area contributed by atoms with Crippen LogP contribution in [0.4, 0.5) is 11.4 Å². The molecule has 1 aliphatic heterocycles. The van der Waals surface area contributed by atoms with Gasteiger partial charge in [0.15, 0.2) is 5.75 Å². The first-order valence-corrected chi connectivity index (χ1v) is 4.95. The van der Waals surface area contributed by atoms with E-state index in [1.165, 1.54) is 18.2 Å². The Morgan fingerprint density at radius 3 is 3.00 bits per heavy atom. The van der Waals surface area contributed by atoms with Crippen LogP contribution in [0.1, 0.15) is 6.42 Å². The average molecular weight is 224 g/mol. The first kappa shape index (κ1) is 10.7. The van der Waals surface area contributed by atoms with Gasteiger partial charge < -0.3 is 15.2 Å². The van der Waals surface area contributed by atoms with Crippen molar-refractivity contribution in [1.29, 1.82) is 0 Å². The van der Waals surface area contributed by atoms with Crippen molar-refractivity contribution < 1.29 is 14.4 Å². The van der Waals surface area contributed by atoms with Crippen molar-refractivity contribution >= 4 is 11.4 Å². The molecule has 6 nitrogen and oxygen atoms in total. The predicted molar refractivity (Wildman–Crippen MR) is 57.4 cm³/mol. The van der Waals surface area contributed by atoms with E-state index < -0.39 is 4.92 Å². The van der Waals surface area contributed by atoms with Crippen molar-refractivity contribution in [2.24, 2.45) is 0 Å². The van der Waals surface area contributed by atoms with Crippen LogP contribution in [0, 0.1) is 10.1 Å². The number of nitro groups is 1. The molecule has 2 N–H and O–H groups in total. The summed E-state index contributed by atoms with van der Waals surface area (Å²) < 4.78 is 10.6. The molecule has 0 radical (unpaired) electrons. The minimum atomic E-state index is -0.482. The summed E-state index contributed by atoms with van der Waals surface area (Å²) in [6.07, 6.45) is 0.617. The van der Waals surface area contributed by atoms with Gasteiger partial charge >= 0.3 is 5.69 Å². The Morgan fingerprint density at radius 1 is 1.56 bits per heavy atom. The zero-order chi connectivity index (χ0) is 11.5. The highest BCUT2D eigenvalue weighted by atomic mass is 16.6. The van der Waals surface area contributed by atoms with E-state index in [0.717, 1.165) is 6.42 Å². The number of nitrogens with two attached hydrogens (primary N) is 1. The Labute approximate surface area is 92.1 Å². The molecule has 0 bridgehead atoms. The number of rotatable bonds is 3. The third-order valence-electron chi connectivity index (χ3n) is 2.36. The molecule has 1 aliphatic rings. The maximum absolute atomic E-state index is 10.8. The fraction of sp³-hybridized carbons (Fsp3) is 0.400. The smallest absolute Gasteiger partial charge is 0.311 e. The zero-order valence-corrected chi connectivity index (χ0v) is 8.59. The number of anilines is 1. The van der Waals surface area contributed by atoms with Gasteiger partial charge in [0.05, 0.1) is 18.1 Å². The first-order chi connectivity index (χ1) is 7.66. The summed E-state index contributed by atoms with van der Waals surface area (Å²) in [5.74, 6) is 0.209. The largest absolute Gasteiger partial charge is 0.481 e. The molecule has 1 aromatic rings. The minimum absolute atomic E-state index is 0.0684. The Hall–Kier alpha value is -1.82. The van der Waals surface area contributed by atoms with Gasteiger partial charge in [0.1, 0.15) is 6.10 Å². The molecular weight excluding hydrogens is 212 g/mol. The molecule has 1 fully saturated rings. The fourth-order valence-corrected chi connectivity index (χ4v) is 1.56. The van der Waals surface area contributed by atoms with Gasteiger partial charge in [-0.15, -0.1) is 0 Å². The van der Waals surface area contributed by atoms with E-state index in [0.29, 0.717) is 18.9 Å². The van der Waals surface area contributed by atoms with Gasteiger partial charge in [-0.2, -0.15) is 0 Å². The maximum atomic E-state index is 10.8. The normalized spacial score (nSPS) is 19.6. The second-order valence-electron chi connectivity index (χ2n) is 3.59. The summed E-state index contributed by atoms with van der Waals surface area (Å²) in [5, 5.41) is 10.8. The molecule has 0 amide bonds. The maximum Gasteiger partial charge on any atom is 0.311 e. The van der Waals surface area contributed by atoms with Crippen LogP contribution in [0.25, 0.3) is 0 Å². The lowest BCUT2D eigenvalue weighted by atomic mass is 10.2. The summed E-state index contributed by atoms with van der Waals surface area (Å²) in [6.45, 7) is 1.09. The molecule has 86 valence electrons. The SMILES string of the molecule is Nc1ccc([N+](=O)[O-])c(O[C@@H]2CCOC2)c1. The molecule has 1 saturated heterocycles. The summed E-state index contributed by atoms with van der Waals surface area (Å²) in [7, 11) is 0. The second kappa shape index (κ2) is 4.36. The highest BCUT2D eigenvalue weighted by molar-refractivity contribution is 5.55. The topological polar surface area (TPSA) is 87.6 Å². The number of nitro benzene ring substituents is 1. The van der Waals surface area contributed by atoms with Gasteiger partial charge in [0, 0.05) is 24.2 Å². The van der Waals surface area contributed by atoms with Gasteiger partial charge in [0.2, 0.25) is 0 Å². The van der Waals surface area contributed by atoms with Crippen molar-refractivity contribution in [2.45, 2.75) is 12.5 Å². The molecule has 0 unspecified atom stereocenters. The van der Waals surface area contributed by atoms with Gasteiger partial charge in [-0.05, 0) is 6.07 Å². The van der Waals surface area contributed by atoms with Crippen LogP contribution in [0.15, 0.2) is 18.2 Å². The van der Waals surface area contributed by atoms with Crippen LogP contribution in [0.2, 0.25) is 0 Å². The molecule has 1 aromatic carbocycles. The number of benzene rings is 1. The van der Waals surface area contributed by atoms with Crippen molar-refractivity contribution in [3.63, 3.8) is 0 Å². The Morgan fingerprint density at radius 2 is 2.38 bits per heavy atom. The molecule has 0 saturated carbocycles. The van der Waals surface area contributed by atoms with Crippen molar-refractivity contribution in [1.82, 2.24) is 0 Å². The Kier molecular flexibility index (Phi) is 2.91. The predicted octanol–water partition coefficient (Wildman–Crippen LogP) is 1.34. The highest BCUT2D eigenvalue weighted by Crippen LogP contribution is 2.30. The molecule has 16 heavy (non-hydrogen) atoms. The Balaban J connectivity index is 2.22. The first-order valence-electron chi connectivity index (χ1n) is 4.95. The van der Waals surface area contributed by atoms with E-state index in [9.17, 15) is 10.1 Å². The molecule has 0 spiro atoms. The number of nitrogen functional groups attached to an aromatic ring is 1. The third kappa shape index (κ3) is 2.22. The van der Waals surface area contributed by atoms with E-state index in [1.807, 2.05) is 0 Å². The zero-order valence-electron chi connectivity index (χ0n) is 8.59. The van der Waals surface area contributed by atoms with Gasteiger partial charge in [-0.3, -0.25) is 10.1 Å². The lowest BCUT2D eigenvalue weighted by molar-refractivity contribution is -0.386. The molecule has 2 rings (SSSR count). The van der Waals surface area contributed by atoms with Gasteiger partial charge in [-0.1, -0.05) is 0 Å². The number of nitrogens with zero attached hydrogens (tertiary/aromatic N) is 1. The van der Waals surface area contributed by atoms with E-state index in [2.05, 4.69) is 0 Å². The third-order valence-corrected chi connectivity index (χ3v) is 2.36. The Bertz CT molecular complexity index is 402. The second-order valence-corrected chi connectivity index (χ2v) is 3.59. The molecule has 0 aliphatic carbocycles. The molecule has 1 heterocycles. The van der Waals surface area contributed by atoms with Crippen LogP contribution >= 0.6 is 0 Å². The van der Waals surface area contributed by atoms with E-state index in [4.69, 9.17) is 15.2 Å². The number of hydrogen-bond acceptors (Lipinski definition) is 5. The molecule has 6 heteroatoms. The lowest BCUT2D eigenvalue weighted by Crippen LogP contribution is -2.16. The van der Waals surface area contributed by atoms with Crippen LogP contribution < -0.4 is 10.5 Å². The van der Waals surface area contributed by atoms with Crippen LogP contribution in [0.5, 0.6) is 5.75 Å². The van der Waals surface area contributed by atoms with Crippen LogP contribution in [-0.2, 0) is 4.74 Å². The van der Waals surface area contributed by atoms with Gasteiger partial charge in [0.25, 0.3) is 0 Å². The van der Waals surface area contributed by atoms with Crippen LogP contribution in [-0.4, -0.2) is 24.2 Å². The molecule has 1 atom stereocenters. The van der Waals surface area contributed by atoms with Crippen molar-refractivity contribution in [2.75, 3.05) is 18.9 Å². The highest BCUT2D eigenvalue weighted by Gasteiger charge is 2.22. The number of ether oxygens (including phenoxy) is 2. The summed E-state index contributed by atoms with van der Waals surface area (Å²) in [4.78, 5) is 10.3. The van der Waals surface area contributed by atoms with E-state index in [-0.39, 0.29) is 17.5 Å². The average Bonchev–Trinajstić information content (AvgIpc) is 2.70. The van der Waals surface area contributed by atoms with Crippen LogP contribution in [0.3, 0.4) is 0 Å². The van der Waals surface area contributed by atoms with Crippen molar-refractivity contribution in [3.8, 4) is 5.75 Å².